The van der Waals surface area contributed by atoms with Gasteiger partial charge in [0.25, 0.3) is 0 Å². The highest BCUT2D eigenvalue weighted by molar-refractivity contribution is 5.83. The van der Waals surface area contributed by atoms with Crippen LogP contribution in [0.25, 0.3) is 0 Å². The van der Waals surface area contributed by atoms with Crippen LogP contribution < -0.4 is 5.32 Å². The quantitative estimate of drug-likeness (QED) is 0.759. The van der Waals surface area contributed by atoms with Crippen molar-refractivity contribution < 1.29 is 25.2 Å². The summed E-state index contributed by atoms with van der Waals surface area (Å²) in [6.45, 7) is 3.65. The molecule has 8 nitrogen and oxygen atoms in total. The summed E-state index contributed by atoms with van der Waals surface area (Å²) in [4.78, 5) is 14.4. The Hall–Kier alpha value is -2.59. The van der Waals surface area contributed by atoms with E-state index in [0.717, 1.165) is 51.2 Å². The minimum absolute atomic E-state index is 0. The number of carbonyl (C=O) groups is 1. The Bertz CT molecular complexity index is 859. The lowest BCUT2D eigenvalue weighted by molar-refractivity contribution is -0.137. The number of alkyl halides is 3. The lowest BCUT2D eigenvalue weighted by atomic mass is 9.93. The number of H-pyrrole nitrogens is 1. The van der Waals surface area contributed by atoms with Crippen molar-refractivity contribution in [1.29, 1.82) is 0 Å². The Morgan fingerprint density at radius 3 is 2.50 bits per heavy atom. The predicted octanol–water partition coefficient (Wildman–Crippen LogP) is 4.07. The number of nitrogens with one attached hydrogen (secondary N) is 2. The third-order valence-electron chi connectivity index (χ3n) is 6.00. The second-order valence-corrected chi connectivity index (χ2v) is 8.40. The van der Waals surface area contributed by atoms with E-state index in [0.29, 0.717) is 23.2 Å². The molecule has 3 fully saturated rings. The van der Waals surface area contributed by atoms with Crippen molar-refractivity contribution in [3.8, 4) is 0 Å². The van der Waals surface area contributed by atoms with Crippen molar-refractivity contribution in [2.45, 2.75) is 63.6 Å². The zero-order valence-corrected chi connectivity index (χ0v) is 16.7. The molecule has 0 radical (unpaired) electrons. The van der Waals surface area contributed by atoms with E-state index in [1.807, 2.05) is 11.8 Å². The van der Waals surface area contributed by atoms with Gasteiger partial charge in [0.2, 0.25) is 11.8 Å². The van der Waals surface area contributed by atoms with Gasteiger partial charge in [-0.2, -0.15) is 18.3 Å². The van der Waals surface area contributed by atoms with E-state index >= 15 is 0 Å². The first-order valence-electron chi connectivity index (χ1n) is 10.2. The van der Waals surface area contributed by atoms with Crippen LogP contribution in [0.3, 0.4) is 0 Å². The van der Waals surface area contributed by atoms with E-state index in [4.69, 9.17) is 4.42 Å². The van der Waals surface area contributed by atoms with E-state index in [1.54, 1.807) is 0 Å². The molecule has 1 aliphatic heterocycles. The fourth-order valence-corrected chi connectivity index (χ4v) is 3.59. The molecule has 0 unspecified atom stereocenters. The summed E-state index contributed by atoms with van der Waals surface area (Å²) >= 11 is 0. The number of amides is 1. The van der Waals surface area contributed by atoms with E-state index < -0.39 is 11.7 Å². The molecular weight excluding hydrogens is 401 g/mol. The molecule has 30 heavy (non-hydrogen) atoms. The van der Waals surface area contributed by atoms with Gasteiger partial charge in [0, 0.05) is 28.1 Å². The fourth-order valence-electron chi connectivity index (χ4n) is 3.59. The Morgan fingerprint density at radius 2 is 2.00 bits per heavy atom. The molecular formula is C19H29F3N6O2. The second-order valence-electron chi connectivity index (χ2n) is 8.40. The number of carbonyl (C=O) groups excluding carboxylic acids is 1. The predicted molar refractivity (Wildman–Crippen MR) is 105 cm³/mol. The molecule has 2 aliphatic carbocycles. The van der Waals surface area contributed by atoms with E-state index in [-0.39, 0.29) is 14.8 Å². The van der Waals surface area contributed by atoms with Crippen molar-refractivity contribution in [1.82, 2.24) is 25.3 Å². The highest BCUT2D eigenvalue weighted by atomic mass is 19.4. The van der Waals surface area contributed by atoms with Gasteiger partial charge in [0.15, 0.2) is 0 Å². The van der Waals surface area contributed by atoms with Crippen molar-refractivity contribution in [3.05, 3.63) is 23.8 Å². The first-order chi connectivity index (χ1) is 14.3. The minimum atomic E-state index is -4.27. The SMILES string of the molecule is C[C@@H](Nc1nnc(C2CC2)o1)C(=O)N1CCC2(CC1)CC2.FC(F)(F)c1cn[nH]c1.[HH].[HH]. The van der Waals surface area contributed by atoms with Gasteiger partial charge in [0.05, 0.1) is 11.8 Å². The highest BCUT2D eigenvalue weighted by Gasteiger charge is 2.45. The first kappa shape index (κ1) is 20.7. The topological polar surface area (TPSA) is 99.9 Å². The van der Waals surface area contributed by atoms with Crippen LogP contribution in [0.2, 0.25) is 0 Å². The van der Waals surface area contributed by atoms with E-state index in [1.165, 1.54) is 12.8 Å². The molecule has 168 valence electrons. The smallest absolute Gasteiger partial charge is 0.408 e. The number of nitrogens with zero attached hydrogens (tertiary/aromatic N) is 4. The molecule has 3 heterocycles. The number of hydrogen-bond acceptors (Lipinski definition) is 6. The number of anilines is 1. The average molecular weight is 430 g/mol. The Labute approximate surface area is 174 Å². The summed E-state index contributed by atoms with van der Waals surface area (Å²) in [7, 11) is 0. The number of halogens is 3. The first-order valence-corrected chi connectivity index (χ1v) is 10.2. The van der Waals surface area contributed by atoms with Crippen LogP contribution in [0.5, 0.6) is 0 Å². The zero-order valence-electron chi connectivity index (χ0n) is 16.7. The number of aromatic nitrogens is 4. The van der Waals surface area contributed by atoms with Gasteiger partial charge in [-0.05, 0) is 50.9 Å². The van der Waals surface area contributed by atoms with Crippen molar-refractivity contribution in [2.24, 2.45) is 5.41 Å². The van der Waals surface area contributed by atoms with Crippen LogP contribution >= 0.6 is 0 Å². The van der Waals surface area contributed by atoms with Gasteiger partial charge in [-0.3, -0.25) is 9.89 Å². The molecule has 11 heteroatoms. The summed E-state index contributed by atoms with van der Waals surface area (Å²) in [5.74, 6) is 1.28. The molecule has 0 bridgehead atoms. The van der Waals surface area contributed by atoms with Gasteiger partial charge >= 0.3 is 12.2 Å². The lowest BCUT2D eigenvalue weighted by Crippen LogP contribution is -2.45. The maximum absolute atomic E-state index is 12.5. The molecule has 2 N–H and O–H groups in total. The van der Waals surface area contributed by atoms with Crippen molar-refractivity contribution in [3.63, 3.8) is 0 Å². The van der Waals surface area contributed by atoms with E-state index in [9.17, 15) is 18.0 Å². The summed E-state index contributed by atoms with van der Waals surface area (Å²) in [6.07, 6.45) is 4.57. The van der Waals surface area contributed by atoms with Gasteiger partial charge in [-0.25, -0.2) is 0 Å². The minimum Gasteiger partial charge on any atom is -0.408 e. The van der Waals surface area contributed by atoms with Crippen molar-refractivity contribution in [2.75, 3.05) is 18.4 Å². The zero-order chi connectivity index (χ0) is 21.4. The van der Waals surface area contributed by atoms with Gasteiger partial charge in [-0.15, -0.1) is 5.10 Å². The monoisotopic (exact) mass is 430 g/mol. The molecule has 1 atom stereocenters. The van der Waals surface area contributed by atoms with Crippen LogP contribution in [0.1, 0.15) is 65.7 Å². The van der Waals surface area contributed by atoms with Crippen LogP contribution in [0.15, 0.2) is 16.8 Å². The standard InChI is InChI=1S/C15H22N4O2.C4H3F3N2.2H2/c1-10(16-14-18-17-12(21-14)11-2-3-11)13(20)19-8-6-15(4-5-15)7-9-19;5-4(6,7)3-1-8-9-2-3;;/h10-11H,2-9H2,1H3,(H,16,18);1-2H,(H,8,9);2*1H/t10-;;;/m1.../s1. The normalized spacial score (nSPS) is 21.0. The maximum Gasteiger partial charge on any atom is 0.419 e. The number of aromatic amines is 1. The van der Waals surface area contributed by atoms with Crippen LogP contribution in [-0.2, 0) is 11.0 Å². The van der Waals surface area contributed by atoms with Crippen LogP contribution in [0.4, 0.5) is 19.2 Å². The molecule has 3 aliphatic rings. The Balaban J connectivity index is 0.000000283. The van der Waals surface area contributed by atoms with Gasteiger partial charge in [0.1, 0.15) is 6.04 Å². The maximum atomic E-state index is 12.5. The van der Waals surface area contributed by atoms with Gasteiger partial charge in [-0.1, -0.05) is 5.10 Å². The molecule has 2 aromatic rings. The summed E-state index contributed by atoms with van der Waals surface area (Å²) in [6, 6.07) is 0.0548. The summed E-state index contributed by atoms with van der Waals surface area (Å²) in [5, 5.41) is 16.3. The van der Waals surface area contributed by atoms with Crippen molar-refractivity contribution >= 4 is 11.9 Å². The Kier molecular flexibility index (Phi) is 5.46. The molecule has 2 saturated carbocycles. The number of hydrogen-bond donors (Lipinski definition) is 2. The summed E-state index contributed by atoms with van der Waals surface area (Å²) in [5.41, 5.74) is -0.151. The molecule has 2 aromatic heterocycles. The molecule has 1 saturated heterocycles. The number of piperidine rings is 1. The average Bonchev–Trinajstić information content (AvgIpc) is 3.57. The third-order valence-corrected chi connectivity index (χ3v) is 6.00. The van der Waals surface area contributed by atoms with Crippen LogP contribution in [-0.4, -0.2) is 50.3 Å². The van der Waals surface area contributed by atoms with Crippen LogP contribution in [0, 0.1) is 5.41 Å². The molecule has 1 spiro atoms. The number of likely N-dealkylation sites (tertiary alicyclic amines) is 1. The second kappa shape index (κ2) is 7.92. The number of rotatable bonds is 4. The lowest BCUT2D eigenvalue weighted by Gasteiger charge is -2.33. The highest BCUT2D eigenvalue weighted by Crippen LogP contribution is 2.53. The molecule has 0 aromatic carbocycles. The summed E-state index contributed by atoms with van der Waals surface area (Å²) < 4.78 is 40.2. The molecule has 1 amide bonds. The Morgan fingerprint density at radius 1 is 1.30 bits per heavy atom. The molecule has 5 rings (SSSR count). The van der Waals surface area contributed by atoms with E-state index in [2.05, 4.69) is 25.7 Å². The van der Waals surface area contributed by atoms with Gasteiger partial charge < -0.3 is 14.6 Å². The largest absolute Gasteiger partial charge is 0.419 e. The third kappa shape index (κ3) is 4.93. The fraction of sp³-hybridized carbons (Fsp3) is 0.684.